The highest BCUT2D eigenvalue weighted by Crippen LogP contribution is 2.25. The maximum atomic E-state index is 11.2. The van der Waals surface area contributed by atoms with Crippen LogP contribution in [0.1, 0.15) is 91.8 Å². The van der Waals surface area contributed by atoms with E-state index in [1.165, 1.54) is 63.1 Å². The first-order chi connectivity index (χ1) is 12.1. The summed E-state index contributed by atoms with van der Waals surface area (Å²) in [5.74, 6) is -2.40. The number of carboxylic acids is 2. The van der Waals surface area contributed by atoms with Gasteiger partial charge in [-0.15, -0.1) is 0 Å². The summed E-state index contributed by atoms with van der Waals surface area (Å²) in [5, 5.41) is 18.4. The van der Waals surface area contributed by atoms with Crippen LogP contribution in [0.25, 0.3) is 0 Å². The maximum Gasteiger partial charge on any atom is 0.339 e. The van der Waals surface area contributed by atoms with Gasteiger partial charge in [0.05, 0.1) is 6.61 Å². The van der Waals surface area contributed by atoms with Gasteiger partial charge < -0.3 is 14.9 Å². The van der Waals surface area contributed by atoms with Crippen LogP contribution in [0.15, 0.2) is 18.2 Å². The first kappa shape index (κ1) is 21.0. The van der Waals surface area contributed by atoms with Crippen molar-refractivity contribution in [1.29, 1.82) is 0 Å². The van der Waals surface area contributed by atoms with E-state index in [-0.39, 0.29) is 16.9 Å². The molecular weight excluding hydrogens is 320 g/mol. The highest BCUT2D eigenvalue weighted by Gasteiger charge is 2.19. The molecule has 0 aliphatic carbocycles. The van der Waals surface area contributed by atoms with Crippen molar-refractivity contribution >= 4 is 11.9 Å². The van der Waals surface area contributed by atoms with E-state index in [0.29, 0.717) is 6.61 Å². The highest BCUT2D eigenvalue weighted by atomic mass is 16.5. The Morgan fingerprint density at radius 2 is 1.24 bits per heavy atom. The molecule has 5 heteroatoms. The van der Waals surface area contributed by atoms with Crippen LogP contribution in [0, 0.1) is 0 Å². The quantitative estimate of drug-likeness (QED) is 0.440. The molecule has 0 radical (unpaired) electrons. The van der Waals surface area contributed by atoms with Crippen molar-refractivity contribution in [3.8, 4) is 5.75 Å². The van der Waals surface area contributed by atoms with E-state index < -0.39 is 11.9 Å². The molecule has 0 bridgehead atoms. The summed E-state index contributed by atoms with van der Waals surface area (Å²) in [5.41, 5.74) is -0.209. The molecule has 0 aromatic heterocycles. The van der Waals surface area contributed by atoms with Crippen molar-refractivity contribution in [1.82, 2.24) is 0 Å². The summed E-state index contributed by atoms with van der Waals surface area (Å²) in [6.07, 6.45) is 11.9. The van der Waals surface area contributed by atoms with E-state index >= 15 is 0 Å². The van der Waals surface area contributed by atoms with Crippen LogP contribution in [-0.2, 0) is 0 Å². The normalized spacial score (nSPS) is 10.6. The van der Waals surface area contributed by atoms with Gasteiger partial charge in [-0.2, -0.15) is 0 Å². The van der Waals surface area contributed by atoms with Crippen molar-refractivity contribution < 1.29 is 24.5 Å². The average molecular weight is 350 g/mol. The van der Waals surface area contributed by atoms with Crippen LogP contribution in [0.4, 0.5) is 0 Å². The zero-order chi connectivity index (χ0) is 18.5. The smallest absolute Gasteiger partial charge is 0.339 e. The van der Waals surface area contributed by atoms with Gasteiger partial charge in [0.25, 0.3) is 0 Å². The van der Waals surface area contributed by atoms with E-state index in [4.69, 9.17) is 4.74 Å². The molecule has 0 aliphatic heterocycles. The third-order valence-corrected chi connectivity index (χ3v) is 4.22. The van der Waals surface area contributed by atoms with Gasteiger partial charge in [-0.25, -0.2) is 9.59 Å². The van der Waals surface area contributed by atoms with Crippen LogP contribution in [0.3, 0.4) is 0 Å². The first-order valence-corrected chi connectivity index (χ1v) is 9.30. The second kappa shape index (κ2) is 12.3. The van der Waals surface area contributed by atoms with Gasteiger partial charge in [0.15, 0.2) is 0 Å². The Balaban J connectivity index is 2.28. The average Bonchev–Trinajstić information content (AvgIpc) is 2.59. The van der Waals surface area contributed by atoms with Crippen molar-refractivity contribution in [2.24, 2.45) is 0 Å². The molecule has 0 amide bonds. The first-order valence-electron chi connectivity index (χ1n) is 9.30. The largest absolute Gasteiger partial charge is 0.492 e. The molecule has 1 aromatic carbocycles. The van der Waals surface area contributed by atoms with E-state index in [0.717, 1.165) is 19.3 Å². The van der Waals surface area contributed by atoms with Crippen molar-refractivity contribution in [3.63, 3.8) is 0 Å². The van der Waals surface area contributed by atoms with Crippen molar-refractivity contribution in [3.05, 3.63) is 29.3 Å². The molecule has 0 fully saturated rings. The second-order valence-corrected chi connectivity index (χ2v) is 6.32. The van der Waals surface area contributed by atoms with E-state index in [9.17, 15) is 19.8 Å². The fraction of sp³-hybridized carbons (Fsp3) is 0.600. The molecule has 140 valence electrons. The van der Waals surface area contributed by atoms with Crippen LogP contribution >= 0.6 is 0 Å². The van der Waals surface area contributed by atoms with Crippen LogP contribution < -0.4 is 4.74 Å². The second-order valence-electron chi connectivity index (χ2n) is 6.32. The fourth-order valence-corrected chi connectivity index (χ4v) is 2.79. The number of rotatable bonds is 14. The zero-order valence-corrected chi connectivity index (χ0v) is 15.1. The van der Waals surface area contributed by atoms with Gasteiger partial charge in [-0.05, 0) is 18.6 Å². The lowest BCUT2D eigenvalue weighted by Crippen LogP contribution is -2.10. The van der Waals surface area contributed by atoms with Gasteiger partial charge >= 0.3 is 11.9 Å². The monoisotopic (exact) mass is 350 g/mol. The Hall–Kier alpha value is -2.04. The minimum atomic E-state index is -1.18. The molecule has 0 heterocycles. The number of hydrogen-bond donors (Lipinski definition) is 2. The predicted octanol–water partition coefficient (Wildman–Crippen LogP) is 5.38. The summed E-state index contributed by atoms with van der Waals surface area (Å²) in [6, 6.07) is 4.14. The van der Waals surface area contributed by atoms with Crippen molar-refractivity contribution in [2.45, 2.75) is 71.1 Å². The molecule has 0 spiro atoms. The van der Waals surface area contributed by atoms with Gasteiger partial charge in [-0.3, -0.25) is 0 Å². The number of carboxylic acid groups (broad SMARTS) is 2. The van der Waals surface area contributed by atoms with Gasteiger partial charge in [0.1, 0.15) is 16.9 Å². The minimum absolute atomic E-state index is 0.0431. The Kier molecular flexibility index (Phi) is 10.4. The minimum Gasteiger partial charge on any atom is -0.492 e. The van der Waals surface area contributed by atoms with Crippen LogP contribution in [-0.4, -0.2) is 28.8 Å². The molecule has 0 unspecified atom stereocenters. The van der Waals surface area contributed by atoms with E-state index in [1.54, 1.807) is 0 Å². The van der Waals surface area contributed by atoms with Crippen LogP contribution in [0.2, 0.25) is 0 Å². The molecule has 2 N–H and O–H groups in total. The van der Waals surface area contributed by atoms with Gasteiger partial charge in [0, 0.05) is 0 Å². The third-order valence-electron chi connectivity index (χ3n) is 4.22. The number of para-hydroxylation sites is 1. The molecule has 0 atom stereocenters. The summed E-state index contributed by atoms with van der Waals surface area (Å²) in [4.78, 5) is 22.4. The summed E-state index contributed by atoms with van der Waals surface area (Å²) in [6.45, 7) is 2.55. The highest BCUT2D eigenvalue weighted by molar-refractivity contribution is 5.98. The number of unbranched alkanes of at least 4 members (excludes halogenated alkanes) is 9. The molecular formula is C20H30O5. The molecule has 1 aromatic rings. The topological polar surface area (TPSA) is 83.8 Å². The number of hydrogen-bond acceptors (Lipinski definition) is 3. The van der Waals surface area contributed by atoms with Gasteiger partial charge in [0.2, 0.25) is 0 Å². The standard InChI is InChI=1S/C20H30O5/c1-2-3-4-5-6-7-8-9-10-11-15-25-18-16(19(21)22)13-12-14-17(18)20(23)24/h12-14H,2-11,15H2,1H3,(H,21,22)(H,23,24). The Bertz CT molecular complexity index is 507. The summed E-state index contributed by atoms with van der Waals surface area (Å²) in [7, 11) is 0. The Morgan fingerprint density at radius 3 is 1.68 bits per heavy atom. The summed E-state index contributed by atoms with van der Waals surface area (Å²) < 4.78 is 5.50. The number of aromatic carboxylic acids is 2. The van der Waals surface area contributed by atoms with E-state index in [2.05, 4.69) is 6.92 Å². The lowest BCUT2D eigenvalue weighted by Gasteiger charge is -2.12. The molecule has 1 rings (SSSR count). The van der Waals surface area contributed by atoms with E-state index in [1.807, 2.05) is 0 Å². The fourth-order valence-electron chi connectivity index (χ4n) is 2.79. The number of ether oxygens (including phenoxy) is 1. The Morgan fingerprint density at radius 1 is 0.800 bits per heavy atom. The summed E-state index contributed by atoms with van der Waals surface area (Å²) >= 11 is 0. The van der Waals surface area contributed by atoms with Crippen molar-refractivity contribution in [2.75, 3.05) is 6.61 Å². The third kappa shape index (κ3) is 8.05. The SMILES string of the molecule is CCCCCCCCCCCCOc1c(C(=O)O)cccc1C(=O)O. The molecule has 0 saturated carbocycles. The predicted molar refractivity (Wildman–Crippen MR) is 97.7 cm³/mol. The van der Waals surface area contributed by atoms with Crippen LogP contribution in [0.5, 0.6) is 5.75 Å². The van der Waals surface area contributed by atoms with Gasteiger partial charge in [-0.1, -0.05) is 70.8 Å². The molecule has 0 saturated heterocycles. The molecule has 0 aliphatic rings. The number of carbonyl (C=O) groups is 2. The maximum absolute atomic E-state index is 11.2. The molecule has 25 heavy (non-hydrogen) atoms. The molecule has 5 nitrogen and oxygen atoms in total. The Labute approximate surface area is 150 Å². The number of benzene rings is 1. The zero-order valence-electron chi connectivity index (χ0n) is 15.1. The lowest BCUT2D eigenvalue weighted by atomic mass is 10.1. The lowest BCUT2D eigenvalue weighted by molar-refractivity contribution is 0.0688.